The van der Waals surface area contributed by atoms with E-state index in [9.17, 15) is 21.6 Å². The van der Waals surface area contributed by atoms with Crippen molar-refractivity contribution >= 4 is 49.0 Å². The molecule has 4 aliphatic rings. The van der Waals surface area contributed by atoms with Gasteiger partial charge in [0.05, 0.1) is 41.5 Å². The Hall–Kier alpha value is -5.15. The van der Waals surface area contributed by atoms with Crippen LogP contribution in [0.15, 0.2) is 71.0 Å². The van der Waals surface area contributed by atoms with E-state index < -0.39 is 36.6 Å². The standard InChI is InChI=1S/C22H29N5O5S.C17H21N5O3S/c1-22(2,3)32-21(28)27-13-19(14-27)33(29,30)18-9-15(16-11-24-20(23)25-12-16)8-17(10-18)26-4-6-31-7-5-26;18-17-20-8-13(9-21-17)12-5-14(22-1-3-25-4-2-22)7-15(6-12)26(23,24)16-10-19-11-16/h8-12,19H,4-7,13-14H2,1-3H3,(H2,23,24,25);5-9,16,19H,1-4,10-11H2,(H2,18,20,21). The predicted octanol–water partition coefficient (Wildman–Crippen LogP) is 2.26. The van der Waals surface area contributed by atoms with Crippen molar-refractivity contribution in [2.75, 3.05) is 100 Å². The predicted molar refractivity (Wildman–Crippen MR) is 222 cm³/mol. The largest absolute Gasteiger partial charge is 0.444 e. The molecule has 4 aliphatic heterocycles. The summed E-state index contributed by atoms with van der Waals surface area (Å²) in [5.41, 5.74) is 15.0. The van der Waals surface area contributed by atoms with Crippen LogP contribution >= 0.6 is 0 Å². The summed E-state index contributed by atoms with van der Waals surface area (Å²) in [4.78, 5) is 34.5. The second-order valence-electron chi connectivity index (χ2n) is 15.7. The molecule has 8 rings (SSSR count). The summed E-state index contributed by atoms with van der Waals surface area (Å²) < 4.78 is 69.0. The van der Waals surface area contributed by atoms with E-state index in [0.29, 0.717) is 68.6 Å². The highest BCUT2D eigenvalue weighted by atomic mass is 32.2. The number of nitrogens with one attached hydrogen (secondary N) is 1. The molecule has 0 spiro atoms. The lowest BCUT2D eigenvalue weighted by Gasteiger charge is -2.39. The smallest absolute Gasteiger partial charge is 0.410 e. The number of amides is 1. The quantitative estimate of drug-likeness (QED) is 0.230. The zero-order valence-electron chi connectivity index (χ0n) is 33.3. The third-order valence-electron chi connectivity index (χ3n) is 10.3. The van der Waals surface area contributed by atoms with E-state index in [0.717, 1.165) is 35.6 Å². The third-order valence-corrected chi connectivity index (χ3v) is 14.5. The first-order valence-electron chi connectivity index (χ1n) is 19.3. The molecule has 59 heavy (non-hydrogen) atoms. The van der Waals surface area contributed by atoms with Crippen molar-refractivity contribution in [3.05, 3.63) is 61.2 Å². The van der Waals surface area contributed by atoms with Gasteiger partial charge in [-0.05, 0) is 68.3 Å². The number of benzene rings is 2. The van der Waals surface area contributed by atoms with E-state index >= 15 is 0 Å². The number of morpholine rings is 2. The van der Waals surface area contributed by atoms with Gasteiger partial charge in [-0.3, -0.25) is 0 Å². The minimum absolute atomic E-state index is 0.0966. The van der Waals surface area contributed by atoms with Gasteiger partial charge in [0.15, 0.2) is 19.7 Å². The Kier molecular flexibility index (Phi) is 12.3. The van der Waals surface area contributed by atoms with Gasteiger partial charge in [0.25, 0.3) is 0 Å². The highest BCUT2D eigenvalue weighted by Gasteiger charge is 2.42. The monoisotopic (exact) mass is 850 g/mol. The number of sulfone groups is 2. The van der Waals surface area contributed by atoms with E-state index in [1.54, 1.807) is 69.8 Å². The minimum atomic E-state index is -3.69. The van der Waals surface area contributed by atoms with E-state index in [-0.39, 0.29) is 35.1 Å². The van der Waals surface area contributed by atoms with Crippen molar-refractivity contribution < 1.29 is 35.8 Å². The molecule has 2 aromatic carbocycles. The molecule has 4 fully saturated rings. The first-order valence-corrected chi connectivity index (χ1v) is 22.4. The van der Waals surface area contributed by atoms with Crippen LogP contribution in [-0.2, 0) is 33.9 Å². The number of likely N-dealkylation sites (tertiary alicyclic amines) is 1. The number of rotatable bonds is 8. The molecule has 6 heterocycles. The van der Waals surface area contributed by atoms with E-state index in [4.69, 9.17) is 25.7 Å². The van der Waals surface area contributed by atoms with Crippen LogP contribution < -0.4 is 26.6 Å². The highest BCUT2D eigenvalue weighted by molar-refractivity contribution is 7.92. The summed E-state index contributed by atoms with van der Waals surface area (Å²) in [5.74, 6) is 0.333. The molecule has 0 atom stereocenters. The zero-order chi connectivity index (χ0) is 42.0. The average Bonchev–Trinajstić information content (AvgIpc) is 3.17. The molecule has 4 aromatic rings. The molecule has 0 unspecified atom stereocenters. The normalized spacial score (nSPS) is 18.0. The molecule has 20 heteroatoms. The van der Waals surface area contributed by atoms with Crippen LogP contribution in [-0.4, -0.2) is 143 Å². The van der Waals surface area contributed by atoms with Crippen molar-refractivity contribution in [2.45, 2.75) is 46.7 Å². The van der Waals surface area contributed by atoms with Crippen molar-refractivity contribution in [3.63, 3.8) is 0 Å². The maximum absolute atomic E-state index is 13.5. The number of nitrogens with zero attached hydrogens (tertiary/aromatic N) is 7. The van der Waals surface area contributed by atoms with Gasteiger partial charge in [0.1, 0.15) is 10.9 Å². The fourth-order valence-electron chi connectivity index (χ4n) is 6.79. The molecular weight excluding hydrogens is 801 g/mol. The summed E-state index contributed by atoms with van der Waals surface area (Å²) in [6.45, 7) is 11.7. The lowest BCUT2D eigenvalue weighted by Crippen LogP contribution is -2.57. The van der Waals surface area contributed by atoms with Gasteiger partial charge in [-0.2, -0.15) is 0 Å². The van der Waals surface area contributed by atoms with Gasteiger partial charge in [0.2, 0.25) is 11.9 Å². The average molecular weight is 851 g/mol. The van der Waals surface area contributed by atoms with Gasteiger partial charge >= 0.3 is 6.09 Å². The van der Waals surface area contributed by atoms with Crippen LogP contribution in [0.25, 0.3) is 22.3 Å². The lowest BCUT2D eigenvalue weighted by molar-refractivity contribution is 0.0139. The second-order valence-corrected chi connectivity index (χ2v) is 20.1. The molecule has 5 N–H and O–H groups in total. The summed E-state index contributed by atoms with van der Waals surface area (Å²) in [5, 5.41) is 1.96. The summed E-state index contributed by atoms with van der Waals surface area (Å²) in [6, 6.07) is 10.7. The number of carbonyl (C=O) groups excluding carboxylic acids is 1. The van der Waals surface area contributed by atoms with Gasteiger partial charge in [-0.1, -0.05) is 0 Å². The van der Waals surface area contributed by atoms with Crippen molar-refractivity contribution in [1.29, 1.82) is 0 Å². The fraction of sp³-hybridized carbons (Fsp3) is 0.462. The molecule has 4 saturated heterocycles. The number of aromatic nitrogens is 4. The topological polar surface area (TPSA) is 238 Å². The maximum atomic E-state index is 13.5. The zero-order valence-corrected chi connectivity index (χ0v) is 34.9. The van der Waals surface area contributed by atoms with Crippen molar-refractivity contribution in [1.82, 2.24) is 30.2 Å². The molecular formula is C39H50N10O8S2. The summed E-state index contributed by atoms with van der Waals surface area (Å²) >= 11 is 0. The van der Waals surface area contributed by atoms with E-state index in [2.05, 4.69) is 35.1 Å². The Balaban J connectivity index is 0.000000184. The van der Waals surface area contributed by atoms with Crippen LogP contribution in [0.1, 0.15) is 20.8 Å². The number of hydrogen-bond donors (Lipinski definition) is 3. The molecule has 1 amide bonds. The van der Waals surface area contributed by atoms with Crippen LogP contribution in [0, 0.1) is 0 Å². The maximum Gasteiger partial charge on any atom is 0.410 e. The van der Waals surface area contributed by atoms with Crippen LogP contribution in [0.2, 0.25) is 0 Å². The molecule has 18 nitrogen and oxygen atoms in total. The van der Waals surface area contributed by atoms with Crippen LogP contribution in [0.5, 0.6) is 0 Å². The van der Waals surface area contributed by atoms with Crippen molar-refractivity contribution in [3.8, 4) is 22.3 Å². The number of nitrogen functional groups attached to an aromatic ring is 2. The number of ether oxygens (including phenoxy) is 3. The Morgan fingerprint density at radius 3 is 1.44 bits per heavy atom. The summed E-state index contributed by atoms with van der Waals surface area (Å²) in [6.07, 6.45) is 5.87. The van der Waals surface area contributed by atoms with Crippen LogP contribution in [0.3, 0.4) is 0 Å². The molecule has 0 saturated carbocycles. The first kappa shape index (κ1) is 42.0. The van der Waals surface area contributed by atoms with Gasteiger partial charge in [0, 0.05) is 99.6 Å². The van der Waals surface area contributed by atoms with Gasteiger partial charge < -0.3 is 45.7 Å². The van der Waals surface area contributed by atoms with E-state index in [1.165, 1.54) is 4.90 Å². The Morgan fingerprint density at radius 2 is 1.07 bits per heavy atom. The Bertz CT molecular complexity index is 2340. The summed E-state index contributed by atoms with van der Waals surface area (Å²) in [7, 11) is -7.07. The fourth-order valence-corrected chi connectivity index (χ4v) is 10.1. The Labute approximate surface area is 344 Å². The molecule has 316 valence electrons. The lowest BCUT2D eigenvalue weighted by atomic mass is 10.1. The number of nitrogens with two attached hydrogens (primary N) is 2. The second kappa shape index (κ2) is 17.2. The van der Waals surface area contributed by atoms with Gasteiger partial charge in [-0.15, -0.1) is 0 Å². The molecule has 0 bridgehead atoms. The third kappa shape index (κ3) is 9.84. The Morgan fingerprint density at radius 1 is 0.661 bits per heavy atom. The number of hydrogen-bond acceptors (Lipinski definition) is 17. The van der Waals surface area contributed by atoms with E-state index in [1.807, 2.05) is 12.1 Å². The van der Waals surface area contributed by atoms with Crippen molar-refractivity contribution in [2.24, 2.45) is 0 Å². The van der Waals surface area contributed by atoms with Crippen LogP contribution in [0.4, 0.5) is 28.1 Å². The number of anilines is 4. The SMILES string of the molecule is CC(C)(C)OC(=O)N1CC(S(=O)(=O)c2cc(-c3cnc(N)nc3)cc(N3CCOCC3)c2)C1.Nc1ncc(-c2cc(N3CCOCC3)cc(S(=O)(=O)C3CNC3)c2)cn1. The first-order chi connectivity index (χ1) is 28.1. The van der Waals surface area contributed by atoms with Gasteiger partial charge in [-0.25, -0.2) is 41.6 Å². The molecule has 0 radical (unpaired) electrons. The number of carbonyl (C=O) groups is 1. The molecule has 2 aromatic heterocycles. The molecule has 0 aliphatic carbocycles. The highest BCUT2D eigenvalue weighted by Crippen LogP contribution is 2.34. The minimum Gasteiger partial charge on any atom is -0.444 e.